The van der Waals surface area contributed by atoms with Crippen LogP contribution in [-0.4, -0.2) is 12.8 Å². The quantitative estimate of drug-likeness (QED) is 0.604. The van der Waals surface area contributed by atoms with E-state index >= 15 is 0 Å². The molecule has 0 aromatic heterocycles. The SMILES string of the molecule is Cc1ccc2c(c1)OC(C)(C)N2C. The molecule has 0 amide bonds. The molecule has 0 aliphatic carbocycles. The number of aryl methyl sites for hydroxylation is 1. The fraction of sp³-hybridized carbons (Fsp3) is 0.455. The molecular weight excluding hydrogens is 162 g/mol. The van der Waals surface area contributed by atoms with E-state index in [9.17, 15) is 0 Å². The van der Waals surface area contributed by atoms with E-state index in [0.717, 1.165) is 5.75 Å². The third-order valence-corrected chi connectivity index (χ3v) is 2.64. The van der Waals surface area contributed by atoms with Crippen LogP contribution in [0.2, 0.25) is 0 Å². The van der Waals surface area contributed by atoms with Crippen LogP contribution in [0.15, 0.2) is 18.2 Å². The molecule has 1 aliphatic rings. The Morgan fingerprint density at radius 1 is 1.31 bits per heavy atom. The van der Waals surface area contributed by atoms with Crippen molar-refractivity contribution in [3.05, 3.63) is 23.8 Å². The molecule has 1 aliphatic heterocycles. The highest BCUT2D eigenvalue weighted by Crippen LogP contribution is 2.41. The minimum absolute atomic E-state index is 0.212. The lowest BCUT2D eigenvalue weighted by Gasteiger charge is -2.27. The fourth-order valence-electron chi connectivity index (χ4n) is 1.61. The summed E-state index contributed by atoms with van der Waals surface area (Å²) >= 11 is 0. The maximum Gasteiger partial charge on any atom is 0.177 e. The van der Waals surface area contributed by atoms with E-state index in [1.54, 1.807) is 0 Å². The van der Waals surface area contributed by atoms with Gasteiger partial charge in [0.2, 0.25) is 0 Å². The van der Waals surface area contributed by atoms with Crippen LogP contribution >= 0.6 is 0 Å². The van der Waals surface area contributed by atoms with E-state index in [1.807, 2.05) is 0 Å². The fourth-order valence-corrected chi connectivity index (χ4v) is 1.61. The zero-order valence-corrected chi connectivity index (χ0v) is 8.59. The van der Waals surface area contributed by atoms with Crippen LogP contribution < -0.4 is 9.64 Å². The molecule has 2 heteroatoms. The van der Waals surface area contributed by atoms with Gasteiger partial charge >= 0.3 is 0 Å². The van der Waals surface area contributed by atoms with Crippen LogP contribution in [0.5, 0.6) is 5.75 Å². The minimum Gasteiger partial charge on any atom is -0.466 e. The molecule has 0 fully saturated rings. The van der Waals surface area contributed by atoms with E-state index in [0.29, 0.717) is 0 Å². The summed E-state index contributed by atoms with van der Waals surface area (Å²) in [6.07, 6.45) is 0. The predicted octanol–water partition coefficient (Wildman–Crippen LogP) is 2.56. The van der Waals surface area contributed by atoms with Gasteiger partial charge in [-0.2, -0.15) is 0 Å². The van der Waals surface area contributed by atoms with Crippen molar-refractivity contribution in [2.75, 3.05) is 11.9 Å². The second-order valence-electron chi connectivity index (χ2n) is 4.08. The van der Waals surface area contributed by atoms with E-state index in [2.05, 4.69) is 50.9 Å². The minimum atomic E-state index is -0.212. The van der Waals surface area contributed by atoms with Crippen molar-refractivity contribution in [3.8, 4) is 5.75 Å². The smallest absolute Gasteiger partial charge is 0.177 e. The molecular formula is C11H15NO. The van der Waals surface area contributed by atoms with Gasteiger partial charge in [0.1, 0.15) is 5.75 Å². The number of hydrogen-bond donors (Lipinski definition) is 0. The highest BCUT2D eigenvalue weighted by atomic mass is 16.5. The van der Waals surface area contributed by atoms with E-state index in [-0.39, 0.29) is 5.72 Å². The molecule has 1 heterocycles. The van der Waals surface area contributed by atoms with Crippen LogP contribution in [0.3, 0.4) is 0 Å². The Bertz CT molecular complexity index is 344. The molecule has 0 atom stereocenters. The molecule has 0 spiro atoms. The van der Waals surface area contributed by atoms with Crippen LogP contribution in [0.25, 0.3) is 0 Å². The Balaban J connectivity index is 2.50. The molecule has 13 heavy (non-hydrogen) atoms. The summed E-state index contributed by atoms with van der Waals surface area (Å²) in [5.41, 5.74) is 2.20. The number of rotatable bonds is 0. The molecule has 0 saturated carbocycles. The summed E-state index contributed by atoms with van der Waals surface area (Å²) in [4.78, 5) is 2.15. The average molecular weight is 177 g/mol. The highest BCUT2D eigenvalue weighted by molar-refractivity contribution is 5.63. The standard InChI is InChI=1S/C11H15NO/c1-8-5-6-9-10(7-8)13-11(2,3)12(9)4/h5-7H,1-4H3. The Morgan fingerprint density at radius 2 is 2.00 bits per heavy atom. The number of anilines is 1. The maximum atomic E-state index is 5.81. The molecule has 0 radical (unpaired) electrons. The lowest BCUT2D eigenvalue weighted by molar-refractivity contribution is 0.135. The zero-order valence-electron chi connectivity index (χ0n) is 8.59. The van der Waals surface area contributed by atoms with Crippen molar-refractivity contribution in [2.45, 2.75) is 26.5 Å². The van der Waals surface area contributed by atoms with Gasteiger partial charge in [0, 0.05) is 7.05 Å². The third kappa shape index (κ3) is 1.17. The molecule has 1 aromatic carbocycles. The lowest BCUT2D eigenvalue weighted by atomic mass is 10.2. The van der Waals surface area contributed by atoms with Crippen molar-refractivity contribution < 1.29 is 4.74 Å². The number of benzene rings is 1. The Morgan fingerprint density at radius 3 is 2.69 bits per heavy atom. The number of fused-ring (bicyclic) bond motifs is 1. The zero-order chi connectivity index (χ0) is 9.64. The normalized spacial score (nSPS) is 18.3. The van der Waals surface area contributed by atoms with Crippen LogP contribution in [-0.2, 0) is 0 Å². The number of hydrogen-bond acceptors (Lipinski definition) is 2. The van der Waals surface area contributed by atoms with Crippen molar-refractivity contribution in [3.63, 3.8) is 0 Å². The van der Waals surface area contributed by atoms with Crippen molar-refractivity contribution in [1.82, 2.24) is 0 Å². The highest BCUT2D eigenvalue weighted by Gasteiger charge is 2.34. The van der Waals surface area contributed by atoms with Crippen molar-refractivity contribution in [2.24, 2.45) is 0 Å². The first-order valence-electron chi connectivity index (χ1n) is 4.54. The van der Waals surface area contributed by atoms with Gasteiger partial charge in [0.05, 0.1) is 5.69 Å². The molecule has 2 rings (SSSR count). The van der Waals surface area contributed by atoms with Gasteiger partial charge in [-0.25, -0.2) is 0 Å². The van der Waals surface area contributed by atoms with E-state index < -0.39 is 0 Å². The largest absolute Gasteiger partial charge is 0.466 e. The monoisotopic (exact) mass is 177 g/mol. The number of ether oxygens (including phenoxy) is 1. The van der Waals surface area contributed by atoms with Crippen LogP contribution in [0, 0.1) is 6.92 Å². The third-order valence-electron chi connectivity index (χ3n) is 2.64. The summed E-state index contributed by atoms with van der Waals surface area (Å²) < 4.78 is 5.81. The maximum absolute atomic E-state index is 5.81. The summed E-state index contributed by atoms with van der Waals surface area (Å²) in [6, 6.07) is 6.31. The number of nitrogens with zero attached hydrogens (tertiary/aromatic N) is 1. The Kier molecular flexibility index (Phi) is 1.56. The summed E-state index contributed by atoms with van der Waals surface area (Å²) in [7, 11) is 2.06. The van der Waals surface area contributed by atoms with E-state index in [4.69, 9.17) is 4.74 Å². The second-order valence-corrected chi connectivity index (χ2v) is 4.08. The van der Waals surface area contributed by atoms with Crippen molar-refractivity contribution >= 4 is 5.69 Å². The first kappa shape index (κ1) is 8.42. The summed E-state index contributed by atoms with van der Waals surface area (Å²) in [6.45, 7) is 6.22. The average Bonchev–Trinajstić information content (AvgIpc) is 2.22. The van der Waals surface area contributed by atoms with Gasteiger partial charge in [0.15, 0.2) is 5.72 Å². The first-order chi connectivity index (χ1) is 6.00. The van der Waals surface area contributed by atoms with Crippen LogP contribution in [0.4, 0.5) is 5.69 Å². The molecule has 0 N–H and O–H groups in total. The molecule has 70 valence electrons. The van der Waals surface area contributed by atoms with Gasteiger partial charge < -0.3 is 9.64 Å². The first-order valence-corrected chi connectivity index (χ1v) is 4.54. The van der Waals surface area contributed by atoms with Gasteiger partial charge in [0.25, 0.3) is 0 Å². The van der Waals surface area contributed by atoms with Gasteiger partial charge in [-0.1, -0.05) is 6.07 Å². The van der Waals surface area contributed by atoms with Crippen LogP contribution in [0.1, 0.15) is 19.4 Å². The lowest BCUT2D eigenvalue weighted by Crippen LogP contribution is -2.41. The predicted molar refractivity (Wildman–Crippen MR) is 54.3 cm³/mol. The molecule has 0 bridgehead atoms. The second kappa shape index (κ2) is 2.41. The van der Waals surface area contributed by atoms with Gasteiger partial charge in [-0.05, 0) is 38.5 Å². The van der Waals surface area contributed by atoms with E-state index in [1.165, 1.54) is 11.3 Å². The molecule has 0 saturated heterocycles. The summed E-state index contributed by atoms with van der Waals surface area (Å²) in [5.74, 6) is 0.993. The topological polar surface area (TPSA) is 12.5 Å². The Labute approximate surface area is 79.1 Å². The van der Waals surface area contributed by atoms with Gasteiger partial charge in [-0.15, -0.1) is 0 Å². The Hall–Kier alpha value is -1.18. The molecule has 1 aromatic rings. The van der Waals surface area contributed by atoms with Gasteiger partial charge in [-0.3, -0.25) is 0 Å². The van der Waals surface area contributed by atoms with Crippen molar-refractivity contribution in [1.29, 1.82) is 0 Å². The summed E-state index contributed by atoms with van der Waals surface area (Å²) in [5, 5.41) is 0. The molecule has 2 nitrogen and oxygen atoms in total. The molecule has 0 unspecified atom stereocenters.